The molecule has 1 aromatic rings. The Kier molecular flexibility index (Phi) is 10.0. The number of nitrogens with one attached hydrogen (secondary N) is 4. The van der Waals surface area contributed by atoms with E-state index in [4.69, 9.17) is 0 Å². The Balaban J connectivity index is 0.00000484. The van der Waals surface area contributed by atoms with E-state index in [1.807, 2.05) is 18.2 Å². The van der Waals surface area contributed by atoms with E-state index in [1.54, 1.807) is 26.0 Å². The van der Waals surface area contributed by atoms with Crippen molar-refractivity contribution in [2.45, 2.75) is 32.7 Å². The molecule has 0 aliphatic heterocycles. The van der Waals surface area contributed by atoms with Gasteiger partial charge in [0.2, 0.25) is 5.91 Å². The highest BCUT2D eigenvalue weighted by molar-refractivity contribution is 5.95. The van der Waals surface area contributed by atoms with Gasteiger partial charge in [-0.05, 0) is 38.9 Å². The van der Waals surface area contributed by atoms with Crippen molar-refractivity contribution in [2.75, 3.05) is 25.0 Å². The lowest BCUT2D eigenvalue weighted by Crippen LogP contribution is -2.56. The van der Waals surface area contributed by atoms with Gasteiger partial charge in [-0.2, -0.15) is 0 Å². The number of carbonyl (C=O) groups is 2. The molecule has 1 aromatic carbocycles. The SMILES string of the molecule is CCCNCCNC(=O)C(C)(C)NC(=O)Nc1ccccc1.Cl. The molecule has 0 aromatic heterocycles. The van der Waals surface area contributed by atoms with E-state index in [0.717, 1.165) is 13.0 Å². The quantitative estimate of drug-likeness (QED) is 0.546. The zero-order valence-corrected chi connectivity index (χ0v) is 14.8. The van der Waals surface area contributed by atoms with Gasteiger partial charge in [-0.3, -0.25) is 4.79 Å². The first kappa shape index (κ1) is 21.2. The molecule has 0 aliphatic rings. The Morgan fingerprint density at radius 1 is 1.04 bits per heavy atom. The summed E-state index contributed by atoms with van der Waals surface area (Å²) in [5.41, 5.74) is -0.302. The van der Waals surface area contributed by atoms with Gasteiger partial charge >= 0.3 is 6.03 Å². The zero-order valence-electron chi connectivity index (χ0n) is 13.9. The highest BCUT2D eigenvalue weighted by atomic mass is 35.5. The number of carbonyl (C=O) groups excluding carboxylic acids is 2. The number of urea groups is 1. The van der Waals surface area contributed by atoms with Crippen LogP contribution in [0.3, 0.4) is 0 Å². The average molecular weight is 343 g/mol. The number of anilines is 1. The summed E-state index contributed by atoms with van der Waals surface area (Å²) in [4.78, 5) is 24.0. The molecular formula is C16H27ClN4O2. The molecule has 0 atom stereocenters. The maximum absolute atomic E-state index is 12.1. The molecule has 1 rings (SSSR count). The van der Waals surface area contributed by atoms with Crippen LogP contribution in [0, 0.1) is 0 Å². The molecule has 3 amide bonds. The van der Waals surface area contributed by atoms with Crippen LogP contribution in [0.4, 0.5) is 10.5 Å². The Labute approximate surface area is 144 Å². The molecule has 0 saturated carbocycles. The van der Waals surface area contributed by atoms with E-state index in [-0.39, 0.29) is 18.3 Å². The fraction of sp³-hybridized carbons (Fsp3) is 0.500. The van der Waals surface area contributed by atoms with Crippen LogP contribution in [0.2, 0.25) is 0 Å². The number of halogens is 1. The molecule has 0 aliphatic carbocycles. The molecule has 0 unspecified atom stereocenters. The minimum atomic E-state index is -0.983. The predicted octanol–water partition coefficient (Wildman–Crippen LogP) is 2.12. The highest BCUT2D eigenvalue weighted by Crippen LogP contribution is 2.07. The fourth-order valence-corrected chi connectivity index (χ4v) is 1.81. The average Bonchev–Trinajstić information content (AvgIpc) is 2.47. The van der Waals surface area contributed by atoms with Gasteiger partial charge in [0.1, 0.15) is 5.54 Å². The smallest absolute Gasteiger partial charge is 0.320 e. The van der Waals surface area contributed by atoms with Gasteiger partial charge in [0, 0.05) is 18.8 Å². The summed E-state index contributed by atoms with van der Waals surface area (Å²) in [5, 5.41) is 11.4. The largest absolute Gasteiger partial charge is 0.353 e. The third-order valence-corrected chi connectivity index (χ3v) is 3.04. The maximum Gasteiger partial charge on any atom is 0.320 e. The van der Waals surface area contributed by atoms with E-state index in [0.29, 0.717) is 18.8 Å². The predicted molar refractivity (Wildman–Crippen MR) is 96.1 cm³/mol. The van der Waals surface area contributed by atoms with Gasteiger partial charge < -0.3 is 21.3 Å². The second-order valence-electron chi connectivity index (χ2n) is 5.58. The third kappa shape index (κ3) is 8.42. The zero-order chi connectivity index (χ0) is 16.4. The van der Waals surface area contributed by atoms with E-state index >= 15 is 0 Å². The van der Waals surface area contributed by atoms with E-state index in [1.165, 1.54) is 0 Å². The normalized spacial score (nSPS) is 10.4. The van der Waals surface area contributed by atoms with Gasteiger partial charge in [0.15, 0.2) is 0 Å². The Morgan fingerprint density at radius 2 is 1.70 bits per heavy atom. The molecule has 4 N–H and O–H groups in total. The Hall–Kier alpha value is -1.79. The molecule has 130 valence electrons. The second kappa shape index (κ2) is 10.9. The lowest BCUT2D eigenvalue weighted by atomic mass is 10.1. The van der Waals surface area contributed by atoms with Crippen LogP contribution < -0.4 is 21.3 Å². The second-order valence-corrected chi connectivity index (χ2v) is 5.58. The number of amides is 3. The number of para-hydroxylation sites is 1. The summed E-state index contributed by atoms with van der Waals surface area (Å²) >= 11 is 0. The Morgan fingerprint density at radius 3 is 2.30 bits per heavy atom. The van der Waals surface area contributed by atoms with Gasteiger partial charge in [-0.1, -0.05) is 25.1 Å². The lowest BCUT2D eigenvalue weighted by molar-refractivity contribution is -0.125. The van der Waals surface area contributed by atoms with E-state index < -0.39 is 11.6 Å². The standard InChI is InChI=1S/C16H26N4O2.ClH/c1-4-10-17-11-12-18-14(21)16(2,3)20-15(22)19-13-8-6-5-7-9-13;/h5-9,17H,4,10-12H2,1-3H3,(H,18,21)(H2,19,20,22);1H. The molecule has 6 nitrogen and oxygen atoms in total. The first-order valence-electron chi connectivity index (χ1n) is 7.59. The molecule has 23 heavy (non-hydrogen) atoms. The molecule has 0 radical (unpaired) electrons. The summed E-state index contributed by atoms with van der Waals surface area (Å²) in [7, 11) is 0. The number of benzene rings is 1. The molecule has 0 saturated heterocycles. The first-order chi connectivity index (χ1) is 10.5. The highest BCUT2D eigenvalue weighted by Gasteiger charge is 2.29. The van der Waals surface area contributed by atoms with Crippen LogP contribution in [-0.4, -0.2) is 37.1 Å². The molecule has 0 heterocycles. The fourth-order valence-electron chi connectivity index (χ4n) is 1.81. The van der Waals surface area contributed by atoms with Crippen LogP contribution in [0.15, 0.2) is 30.3 Å². The van der Waals surface area contributed by atoms with Crippen LogP contribution >= 0.6 is 12.4 Å². The van der Waals surface area contributed by atoms with Gasteiger partial charge in [0.25, 0.3) is 0 Å². The van der Waals surface area contributed by atoms with Crippen LogP contribution in [0.25, 0.3) is 0 Å². The van der Waals surface area contributed by atoms with Crippen LogP contribution in [0.5, 0.6) is 0 Å². The van der Waals surface area contributed by atoms with Crippen LogP contribution in [-0.2, 0) is 4.79 Å². The van der Waals surface area contributed by atoms with Crippen molar-refractivity contribution in [3.8, 4) is 0 Å². The summed E-state index contributed by atoms with van der Waals surface area (Å²) in [5.74, 6) is -0.214. The van der Waals surface area contributed by atoms with Crippen molar-refractivity contribution >= 4 is 30.0 Å². The van der Waals surface area contributed by atoms with Crippen LogP contribution in [0.1, 0.15) is 27.2 Å². The summed E-state index contributed by atoms with van der Waals surface area (Å²) < 4.78 is 0. The topological polar surface area (TPSA) is 82.3 Å². The van der Waals surface area contributed by atoms with Crippen molar-refractivity contribution in [1.82, 2.24) is 16.0 Å². The molecular weight excluding hydrogens is 316 g/mol. The summed E-state index contributed by atoms with van der Waals surface area (Å²) in [6.07, 6.45) is 1.06. The molecule has 0 bridgehead atoms. The van der Waals surface area contributed by atoms with Gasteiger partial charge in [-0.25, -0.2) is 4.79 Å². The van der Waals surface area contributed by atoms with E-state index in [9.17, 15) is 9.59 Å². The van der Waals surface area contributed by atoms with Crippen molar-refractivity contribution in [1.29, 1.82) is 0 Å². The minimum absolute atomic E-state index is 0. The number of hydrogen-bond donors (Lipinski definition) is 4. The van der Waals surface area contributed by atoms with Crippen molar-refractivity contribution < 1.29 is 9.59 Å². The van der Waals surface area contributed by atoms with Gasteiger partial charge in [-0.15, -0.1) is 12.4 Å². The molecule has 7 heteroatoms. The summed E-state index contributed by atoms with van der Waals surface area (Å²) in [6.45, 7) is 7.61. The third-order valence-electron chi connectivity index (χ3n) is 3.04. The number of hydrogen-bond acceptors (Lipinski definition) is 3. The van der Waals surface area contributed by atoms with Crippen molar-refractivity contribution in [2.24, 2.45) is 0 Å². The van der Waals surface area contributed by atoms with Crippen molar-refractivity contribution in [3.63, 3.8) is 0 Å². The molecule has 0 spiro atoms. The van der Waals surface area contributed by atoms with Gasteiger partial charge in [0.05, 0.1) is 0 Å². The molecule has 0 fully saturated rings. The maximum atomic E-state index is 12.1. The minimum Gasteiger partial charge on any atom is -0.353 e. The lowest BCUT2D eigenvalue weighted by Gasteiger charge is -2.25. The van der Waals surface area contributed by atoms with Crippen molar-refractivity contribution in [3.05, 3.63) is 30.3 Å². The number of rotatable bonds is 8. The summed E-state index contributed by atoms with van der Waals surface area (Å²) in [6, 6.07) is 8.69. The first-order valence-corrected chi connectivity index (χ1v) is 7.59. The Bertz CT molecular complexity index is 480. The van der Waals surface area contributed by atoms with E-state index in [2.05, 4.69) is 28.2 Å². The monoisotopic (exact) mass is 342 g/mol.